The summed E-state index contributed by atoms with van der Waals surface area (Å²) in [5.74, 6) is 1.34. The number of carbonyl (C=O) groups is 1. The molecular weight excluding hydrogens is 266 g/mol. The Hall–Kier alpha value is -2.04. The highest BCUT2D eigenvalue weighted by Gasteiger charge is 2.14. The van der Waals surface area contributed by atoms with Crippen LogP contribution in [0.3, 0.4) is 0 Å². The van der Waals surface area contributed by atoms with E-state index >= 15 is 0 Å². The number of rotatable bonds is 5. The summed E-state index contributed by atoms with van der Waals surface area (Å²) in [6.45, 7) is 2.43. The number of carbonyl (C=O) groups excluding carboxylic acids is 1. The van der Waals surface area contributed by atoms with Gasteiger partial charge in [0.25, 0.3) is 5.91 Å². The monoisotopic (exact) mass is 289 g/mol. The number of hydrazone groups is 1. The Morgan fingerprint density at radius 2 is 2.14 bits per heavy atom. The van der Waals surface area contributed by atoms with Gasteiger partial charge in [-0.1, -0.05) is 6.92 Å². The highest BCUT2D eigenvalue weighted by Crippen LogP contribution is 2.20. The molecule has 1 fully saturated rings. The first-order valence-electron chi connectivity index (χ1n) is 7.39. The molecule has 1 aliphatic carbocycles. The molecule has 5 heteroatoms. The molecule has 5 nitrogen and oxygen atoms in total. The van der Waals surface area contributed by atoms with Gasteiger partial charge in [0.15, 0.2) is 0 Å². The Bertz CT molecular complexity index is 497. The molecule has 1 aromatic rings. The summed E-state index contributed by atoms with van der Waals surface area (Å²) >= 11 is 0. The summed E-state index contributed by atoms with van der Waals surface area (Å²) in [5.41, 5.74) is 4.61. The van der Waals surface area contributed by atoms with E-state index in [4.69, 9.17) is 4.74 Å². The van der Waals surface area contributed by atoms with Crippen molar-refractivity contribution in [2.75, 3.05) is 19.0 Å². The van der Waals surface area contributed by atoms with E-state index in [1.165, 1.54) is 12.8 Å². The number of methoxy groups -OCH3 is 1. The van der Waals surface area contributed by atoms with Crippen molar-refractivity contribution >= 4 is 17.3 Å². The molecule has 0 bridgehead atoms. The molecule has 0 aliphatic heterocycles. The predicted molar refractivity (Wildman–Crippen MR) is 84.7 cm³/mol. The molecule has 0 aromatic heterocycles. The summed E-state index contributed by atoms with van der Waals surface area (Å²) in [6.07, 6.45) is 4.41. The van der Waals surface area contributed by atoms with E-state index in [2.05, 4.69) is 22.8 Å². The summed E-state index contributed by atoms with van der Waals surface area (Å²) in [7, 11) is 1.63. The van der Waals surface area contributed by atoms with Gasteiger partial charge in [0.05, 0.1) is 13.7 Å². The number of hydrogen-bond acceptors (Lipinski definition) is 4. The number of ether oxygens (including phenoxy) is 1. The second-order valence-electron chi connectivity index (χ2n) is 5.50. The fourth-order valence-electron chi connectivity index (χ4n) is 2.43. The van der Waals surface area contributed by atoms with Crippen molar-refractivity contribution in [1.29, 1.82) is 0 Å². The van der Waals surface area contributed by atoms with Crippen LogP contribution in [-0.4, -0.2) is 25.3 Å². The molecule has 1 saturated carbocycles. The number of anilines is 1. The van der Waals surface area contributed by atoms with E-state index in [0.29, 0.717) is 5.92 Å². The van der Waals surface area contributed by atoms with Crippen LogP contribution in [0.1, 0.15) is 32.6 Å². The molecule has 1 atom stereocenters. The molecule has 2 rings (SSSR count). The van der Waals surface area contributed by atoms with Crippen LogP contribution in [0.2, 0.25) is 0 Å². The van der Waals surface area contributed by atoms with Crippen LogP contribution in [0, 0.1) is 5.92 Å². The van der Waals surface area contributed by atoms with Crippen LogP contribution >= 0.6 is 0 Å². The van der Waals surface area contributed by atoms with Crippen LogP contribution in [0.25, 0.3) is 0 Å². The third-order valence-electron chi connectivity index (χ3n) is 3.63. The van der Waals surface area contributed by atoms with Gasteiger partial charge in [-0.2, -0.15) is 5.10 Å². The molecule has 2 N–H and O–H groups in total. The molecular formula is C16H23N3O2. The van der Waals surface area contributed by atoms with Gasteiger partial charge in [0.2, 0.25) is 0 Å². The number of amides is 1. The van der Waals surface area contributed by atoms with E-state index in [9.17, 15) is 4.79 Å². The van der Waals surface area contributed by atoms with Crippen molar-refractivity contribution in [3.8, 4) is 5.75 Å². The van der Waals surface area contributed by atoms with Crippen LogP contribution in [-0.2, 0) is 4.79 Å². The van der Waals surface area contributed by atoms with Crippen LogP contribution < -0.4 is 15.5 Å². The largest absolute Gasteiger partial charge is 0.497 e. The first-order valence-corrected chi connectivity index (χ1v) is 7.39. The van der Waals surface area contributed by atoms with Crippen molar-refractivity contribution in [1.82, 2.24) is 5.43 Å². The second-order valence-corrected chi connectivity index (χ2v) is 5.50. The molecule has 0 saturated heterocycles. The maximum atomic E-state index is 11.8. The van der Waals surface area contributed by atoms with Crippen LogP contribution in [0.4, 0.5) is 5.69 Å². The van der Waals surface area contributed by atoms with Crippen molar-refractivity contribution in [2.45, 2.75) is 32.6 Å². The zero-order chi connectivity index (χ0) is 15.1. The fraction of sp³-hybridized carbons (Fsp3) is 0.500. The number of hydrogen-bond donors (Lipinski definition) is 2. The molecule has 0 radical (unpaired) electrons. The predicted octanol–water partition coefficient (Wildman–Crippen LogP) is 2.79. The van der Waals surface area contributed by atoms with Crippen molar-refractivity contribution in [3.05, 3.63) is 24.3 Å². The Kier molecular flexibility index (Phi) is 5.60. The second kappa shape index (κ2) is 7.67. The molecule has 114 valence electrons. The van der Waals surface area contributed by atoms with Gasteiger partial charge < -0.3 is 10.1 Å². The minimum atomic E-state index is -0.128. The minimum absolute atomic E-state index is 0.128. The van der Waals surface area contributed by atoms with Gasteiger partial charge in [-0.15, -0.1) is 0 Å². The lowest BCUT2D eigenvalue weighted by Gasteiger charge is -2.18. The Labute approximate surface area is 125 Å². The number of nitrogens with one attached hydrogen (secondary N) is 2. The molecule has 0 unspecified atom stereocenters. The van der Waals surface area contributed by atoms with Crippen molar-refractivity contribution in [2.24, 2.45) is 11.0 Å². The molecule has 1 amide bonds. The number of benzene rings is 1. The zero-order valence-electron chi connectivity index (χ0n) is 12.7. The van der Waals surface area contributed by atoms with Gasteiger partial charge in [-0.25, -0.2) is 5.43 Å². The van der Waals surface area contributed by atoms with E-state index in [1.54, 1.807) is 7.11 Å². The van der Waals surface area contributed by atoms with E-state index in [1.807, 2.05) is 24.3 Å². The Morgan fingerprint density at radius 3 is 2.81 bits per heavy atom. The van der Waals surface area contributed by atoms with Crippen LogP contribution in [0.15, 0.2) is 29.4 Å². The minimum Gasteiger partial charge on any atom is -0.497 e. The first kappa shape index (κ1) is 15.4. The third kappa shape index (κ3) is 5.10. The molecule has 0 heterocycles. The average Bonchev–Trinajstić information content (AvgIpc) is 2.51. The maximum Gasteiger partial charge on any atom is 0.259 e. The van der Waals surface area contributed by atoms with Gasteiger partial charge >= 0.3 is 0 Å². The summed E-state index contributed by atoms with van der Waals surface area (Å²) in [6, 6.07) is 7.45. The summed E-state index contributed by atoms with van der Waals surface area (Å²) in [4.78, 5) is 11.8. The first-order chi connectivity index (χ1) is 10.2. The molecule has 0 spiro atoms. The Morgan fingerprint density at radius 1 is 1.38 bits per heavy atom. The quantitative estimate of drug-likeness (QED) is 0.819. The standard InChI is InChI=1S/C16H23N3O2/c1-12-4-3-5-14(10-12)18-19-16(20)11-17-13-6-8-15(21-2)9-7-13/h6-9,12,17H,3-5,10-11H2,1-2H3,(H,19,20)/b18-14-/t12-/m1/s1. The van der Waals surface area contributed by atoms with E-state index in [-0.39, 0.29) is 12.5 Å². The van der Waals surface area contributed by atoms with Gasteiger partial charge in [-0.3, -0.25) is 4.79 Å². The highest BCUT2D eigenvalue weighted by molar-refractivity contribution is 5.87. The van der Waals surface area contributed by atoms with Gasteiger partial charge in [0.1, 0.15) is 5.75 Å². The maximum absolute atomic E-state index is 11.8. The summed E-state index contributed by atoms with van der Waals surface area (Å²) < 4.78 is 5.08. The smallest absolute Gasteiger partial charge is 0.259 e. The molecule has 1 aliphatic rings. The number of nitrogens with zero attached hydrogens (tertiary/aromatic N) is 1. The van der Waals surface area contributed by atoms with Crippen LogP contribution in [0.5, 0.6) is 5.75 Å². The van der Waals surface area contributed by atoms with Crippen molar-refractivity contribution in [3.63, 3.8) is 0 Å². The normalized spacial score (nSPS) is 20.1. The average molecular weight is 289 g/mol. The third-order valence-corrected chi connectivity index (χ3v) is 3.63. The molecule has 1 aromatic carbocycles. The Balaban J connectivity index is 1.75. The van der Waals surface area contributed by atoms with Gasteiger partial charge in [0, 0.05) is 11.4 Å². The molecule has 21 heavy (non-hydrogen) atoms. The lowest BCUT2D eigenvalue weighted by atomic mass is 9.89. The topological polar surface area (TPSA) is 62.7 Å². The van der Waals surface area contributed by atoms with Crippen molar-refractivity contribution < 1.29 is 9.53 Å². The van der Waals surface area contributed by atoms with Gasteiger partial charge in [-0.05, 0) is 55.9 Å². The van der Waals surface area contributed by atoms with E-state index in [0.717, 1.165) is 30.0 Å². The lowest BCUT2D eigenvalue weighted by Crippen LogP contribution is -2.27. The SMILES string of the molecule is COc1ccc(NCC(=O)N/N=C2/CCC[C@@H](C)C2)cc1. The fourth-order valence-corrected chi connectivity index (χ4v) is 2.43. The van der Waals surface area contributed by atoms with E-state index < -0.39 is 0 Å². The summed E-state index contributed by atoms with van der Waals surface area (Å²) in [5, 5.41) is 7.29. The highest BCUT2D eigenvalue weighted by atomic mass is 16.5. The zero-order valence-corrected chi connectivity index (χ0v) is 12.7. The lowest BCUT2D eigenvalue weighted by molar-refractivity contribution is -0.119.